The van der Waals surface area contributed by atoms with Gasteiger partial charge in [0.2, 0.25) is 0 Å². The Kier molecular flexibility index (Phi) is 5.58. The van der Waals surface area contributed by atoms with Gasteiger partial charge < -0.3 is 15.7 Å². The van der Waals surface area contributed by atoms with Gasteiger partial charge in [-0.05, 0) is 44.4 Å². The third-order valence-electron chi connectivity index (χ3n) is 4.64. The van der Waals surface area contributed by atoms with Crippen LogP contribution in [-0.2, 0) is 0 Å². The van der Waals surface area contributed by atoms with E-state index in [1.807, 2.05) is 0 Å². The van der Waals surface area contributed by atoms with Crippen molar-refractivity contribution in [3.8, 4) is 0 Å². The van der Waals surface area contributed by atoms with E-state index in [4.69, 9.17) is 5.73 Å². The normalized spacial score (nSPS) is 24.9. The predicted molar refractivity (Wildman–Crippen MR) is 83.6 cm³/mol. The van der Waals surface area contributed by atoms with Crippen molar-refractivity contribution in [1.29, 1.82) is 0 Å². The number of hydrogen-bond acceptors (Lipinski definition) is 3. The predicted octanol–water partition coefficient (Wildman–Crippen LogP) is 2.62. The van der Waals surface area contributed by atoms with Gasteiger partial charge in [-0.3, -0.25) is 0 Å². The van der Waals surface area contributed by atoms with Crippen molar-refractivity contribution >= 4 is 0 Å². The number of aliphatic hydroxyl groups is 1. The van der Waals surface area contributed by atoms with Gasteiger partial charge in [-0.15, -0.1) is 0 Å². The van der Waals surface area contributed by atoms with Gasteiger partial charge in [-0.25, -0.2) is 0 Å². The Morgan fingerprint density at radius 1 is 1.30 bits per heavy atom. The van der Waals surface area contributed by atoms with E-state index < -0.39 is 0 Å². The molecule has 0 aliphatic heterocycles. The number of aliphatic hydroxyl groups excluding tert-OH is 1. The first-order valence-electron chi connectivity index (χ1n) is 7.79. The minimum atomic E-state index is -0.163. The first-order valence-corrected chi connectivity index (χ1v) is 7.79. The molecule has 0 radical (unpaired) electrons. The number of hydrogen-bond donors (Lipinski definition) is 2. The monoisotopic (exact) mass is 276 g/mol. The van der Waals surface area contributed by atoms with Crippen LogP contribution in [-0.4, -0.2) is 35.7 Å². The van der Waals surface area contributed by atoms with E-state index in [-0.39, 0.29) is 12.1 Å². The second-order valence-corrected chi connectivity index (χ2v) is 6.15. The second kappa shape index (κ2) is 7.21. The van der Waals surface area contributed by atoms with Crippen molar-refractivity contribution in [2.24, 2.45) is 5.73 Å². The fraction of sp³-hybridized carbons (Fsp3) is 0.647. The molecular weight excluding hydrogens is 248 g/mol. The summed E-state index contributed by atoms with van der Waals surface area (Å²) in [5.41, 5.74) is 8.82. The Hall–Kier alpha value is -0.900. The van der Waals surface area contributed by atoms with Crippen molar-refractivity contribution in [3.63, 3.8) is 0 Å². The second-order valence-electron chi connectivity index (χ2n) is 6.15. The molecule has 1 fully saturated rings. The van der Waals surface area contributed by atoms with Crippen molar-refractivity contribution in [2.75, 3.05) is 13.6 Å². The third-order valence-corrected chi connectivity index (χ3v) is 4.64. The molecular formula is C17H28N2O. The molecule has 1 aliphatic carbocycles. The number of nitrogens with two attached hydrogens (primary N) is 1. The zero-order chi connectivity index (χ0) is 14.5. The molecule has 0 aromatic heterocycles. The van der Waals surface area contributed by atoms with Crippen molar-refractivity contribution in [2.45, 2.75) is 57.2 Å². The Balaban J connectivity index is 1.86. The number of likely N-dealkylation sites (N-methyl/N-ethyl adjacent to an activating group) is 1. The van der Waals surface area contributed by atoms with Crippen LogP contribution in [0.15, 0.2) is 24.3 Å². The Morgan fingerprint density at radius 2 is 2.00 bits per heavy atom. The van der Waals surface area contributed by atoms with Crippen LogP contribution < -0.4 is 5.73 Å². The van der Waals surface area contributed by atoms with E-state index in [2.05, 4.69) is 43.1 Å². The number of benzene rings is 1. The molecule has 2 rings (SSSR count). The average Bonchev–Trinajstić information content (AvgIpc) is 2.45. The fourth-order valence-corrected chi connectivity index (χ4v) is 3.27. The van der Waals surface area contributed by atoms with E-state index >= 15 is 0 Å². The van der Waals surface area contributed by atoms with E-state index in [9.17, 15) is 5.11 Å². The lowest BCUT2D eigenvalue weighted by molar-refractivity contribution is 0.0311. The number of aryl methyl sites for hydroxylation is 1. The fourth-order valence-electron chi connectivity index (χ4n) is 3.27. The zero-order valence-electron chi connectivity index (χ0n) is 12.8. The van der Waals surface area contributed by atoms with Gasteiger partial charge in [0.25, 0.3) is 0 Å². The summed E-state index contributed by atoms with van der Waals surface area (Å²) in [6.07, 6.45) is 5.22. The van der Waals surface area contributed by atoms with Crippen molar-refractivity contribution in [3.05, 3.63) is 35.4 Å². The lowest BCUT2D eigenvalue weighted by Gasteiger charge is -2.35. The minimum absolute atomic E-state index is 0.0828. The molecule has 0 spiro atoms. The van der Waals surface area contributed by atoms with Gasteiger partial charge in [0.05, 0.1) is 6.10 Å². The Bertz CT molecular complexity index is 421. The first kappa shape index (κ1) is 15.5. The maximum atomic E-state index is 10.1. The minimum Gasteiger partial charge on any atom is -0.391 e. The van der Waals surface area contributed by atoms with Gasteiger partial charge in [0.15, 0.2) is 0 Å². The van der Waals surface area contributed by atoms with Crippen LogP contribution in [0.25, 0.3) is 0 Å². The van der Waals surface area contributed by atoms with Gasteiger partial charge in [0.1, 0.15) is 0 Å². The summed E-state index contributed by atoms with van der Waals surface area (Å²) < 4.78 is 0. The Morgan fingerprint density at radius 3 is 2.70 bits per heavy atom. The molecule has 1 aromatic carbocycles. The maximum Gasteiger partial charge on any atom is 0.0695 e. The highest BCUT2D eigenvalue weighted by atomic mass is 16.3. The lowest BCUT2D eigenvalue weighted by Crippen LogP contribution is -2.44. The van der Waals surface area contributed by atoms with Crippen LogP contribution in [0.3, 0.4) is 0 Å². The molecule has 20 heavy (non-hydrogen) atoms. The van der Waals surface area contributed by atoms with Crippen LogP contribution in [0.5, 0.6) is 0 Å². The summed E-state index contributed by atoms with van der Waals surface area (Å²) >= 11 is 0. The molecule has 1 aromatic rings. The first-order chi connectivity index (χ1) is 9.59. The zero-order valence-corrected chi connectivity index (χ0v) is 12.8. The van der Waals surface area contributed by atoms with E-state index in [1.165, 1.54) is 17.5 Å². The van der Waals surface area contributed by atoms with Crippen molar-refractivity contribution < 1.29 is 5.11 Å². The van der Waals surface area contributed by atoms with E-state index in [1.54, 1.807) is 0 Å². The van der Waals surface area contributed by atoms with Crippen molar-refractivity contribution in [1.82, 2.24) is 4.90 Å². The number of rotatable bonds is 5. The van der Waals surface area contributed by atoms with Crippen LogP contribution >= 0.6 is 0 Å². The molecule has 3 heteroatoms. The topological polar surface area (TPSA) is 49.5 Å². The highest BCUT2D eigenvalue weighted by Crippen LogP contribution is 2.24. The van der Waals surface area contributed by atoms with Gasteiger partial charge in [0, 0.05) is 18.6 Å². The molecule has 3 nitrogen and oxygen atoms in total. The van der Waals surface area contributed by atoms with Gasteiger partial charge in [-0.2, -0.15) is 0 Å². The summed E-state index contributed by atoms with van der Waals surface area (Å²) in [6, 6.07) is 8.73. The third kappa shape index (κ3) is 3.81. The molecule has 0 amide bonds. The molecule has 3 atom stereocenters. The summed E-state index contributed by atoms with van der Waals surface area (Å²) in [7, 11) is 2.11. The summed E-state index contributed by atoms with van der Waals surface area (Å²) in [6.45, 7) is 3.06. The van der Waals surface area contributed by atoms with Gasteiger partial charge >= 0.3 is 0 Å². The van der Waals surface area contributed by atoms with E-state index in [0.717, 1.165) is 32.2 Å². The van der Waals surface area contributed by atoms with Crippen LogP contribution in [0.1, 0.15) is 49.3 Å². The standard InChI is InChI=1S/C17H28N2O/c1-13-7-3-4-8-14(13)15(18)11-12-19(2)16-9-5-6-10-17(16)20/h3-4,7-8,15-17,20H,5-6,9-12,18H2,1-2H3. The SMILES string of the molecule is Cc1ccccc1C(N)CCN(C)C1CCCCC1O. The lowest BCUT2D eigenvalue weighted by atomic mass is 9.91. The number of nitrogens with zero attached hydrogens (tertiary/aromatic N) is 1. The molecule has 3 unspecified atom stereocenters. The maximum absolute atomic E-state index is 10.1. The molecule has 3 N–H and O–H groups in total. The molecule has 1 aliphatic rings. The van der Waals surface area contributed by atoms with E-state index in [0.29, 0.717) is 6.04 Å². The molecule has 1 saturated carbocycles. The quantitative estimate of drug-likeness (QED) is 0.869. The highest BCUT2D eigenvalue weighted by molar-refractivity contribution is 5.28. The molecule has 112 valence electrons. The largest absolute Gasteiger partial charge is 0.391 e. The molecule has 0 bridgehead atoms. The van der Waals surface area contributed by atoms with Crippen LogP contribution in [0.4, 0.5) is 0 Å². The summed E-state index contributed by atoms with van der Waals surface area (Å²) in [4.78, 5) is 2.29. The summed E-state index contributed by atoms with van der Waals surface area (Å²) in [5.74, 6) is 0. The molecule has 0 saturated heterocycles. The van der Waals surface area contributed by atoms with Crippen LogP contribution in [0, 0.1) is 6.92 Å². The summed E-state index contributed by atoms with van der Waals surface area (Å²) in [5, 5.41) is 10.1. The smallest absolute Gasteiger partial charge is 0.0695 e. The average molecular weight is 276 g/mol. The highest BCUT2D eigenvalue weighted by Gasteiger charge is 2.26. The molecule has 0 heterocycles. The Labute approximate surface area is 122 Å². The van der Waals surface area contributed by atoms with Gasteiger partial charge in [-0.1, -0.05) is 37.1 Å². The van der Waals surface area contributed by atoms with Crippen LogP contribution in [0.2, 0.25) is 0 Å².